The van der Waals surface area contributed by atoms with Crippen molar-refractivity contribution >= 4 is 0 Å². The van der Waals surface area contributed by atoms with Crippen LogP contribution < -0.4 is 0 Å². The largest absolute Gasteiger partial charge is 0.0878 e. The van der Waals surface area contributed by atoms with Crippen LogP contribution in [0.3, 0.4) is 0 Å². The Bertz CT molecular complexity index is 373. The summed E-state index contributed by atoms with van der Waals surface area (Å²) in [6.45, 7) is 6.04. The minimum atomic E-state index is -0.264. The Balaban J connectivity index is 2.41. The molecule has 0 unspecified atom stereocenters. The lowest BCUT2D eigenvalue weighted by Gasteiger charge is -2.17. The fraction of sp³-hybridized carbons (Fsp3) is 0.538. The zero-order valence-electron chi connectivity index (χ0n) is 10.3. The van der Waals surface area contributed by atoms with Gasteiger partial charge in [-0.25, -0.2) is 0 Å². The van der Waals surface area contributed by atoms with Gasteiger partial charge in [0, 0.05) is 10.5 Å². The Kier molecular flexibility index (Phi) is 4.39. The van der Waals surface area contributed by atoms with Gasteiger partial charge < -0.3 is 0 Å². The summed E-state index contributed by atoms with van der Waals surface area (Å²) in [5.74, 6) is 0. The molecule has 0 bridgehead atoms. The van der Waals surface area contributed by atoms with Crippen molar-refractivity contribution < 1.29 is 0 Å². The van der Waals surface area contributed by atoms with Gasteiger partial charge in [0.05, 0.1) is 0 Å². The molecule has 0 aliphatic rings. The number of benzene rings is 1. The third-order valence-corrected chi connectivity index (χ3v) is 2.69. The van der Waals surface area contributed by atoms with Gasteiger partial charge in [0.2, 0.25) is 0 Å². The van der Waals surface area contributed by atoms with E-state index in [2.05, 4.69) is 41.2 Å². The lowest BCUT2D eigenvalue weighted by atomic mass is 9.96. The Morgan fingerprint density at radius 1 is 1.25 bits per heavy atom. The maximum Gasteiger partial charge on any atom is 0.0432 e. The molecule has 1 rings (SSSR count). The highest BCUT2D eigenvalue weighted by Crippen LogP contribution is 2.18. The lowest BCUT2D eigenvalue weighted by Crippen LogP contribution is -2.15. The van der Waals surface area contributed by atoms with Crippen molar-refractivity contribution in [2.45, 2.75) is 45.6 Å². The minimum absolute atomic E-state index is 0.264. The fourth-order valence-electron chi connectivity index (χ4n) is 1.65. The molecule has 3 heteroatoms. The average molecular weight is 217 g/mol. The quantitative estimate of drug-likeness (QED) is 0.398. The number of hydrogen-bond acceptors (Lipinski definition) is 1. The van der Waals surface area contributed by atoms with E-state index in [0.717, 1.165) is 19.3 Å². The summed E-state index contributed by atoms with van der Waals surface area (Å²) in [6, 6.07) is 8.59. The van der Waals surface area contributed by atoms with Gasteiger partial charge in [-0.3, -0.25) is 0 Å². The van der Waals surface area contributed by atoms with Crippen LogP contribution in [-0.2, 0) is 6.42 Å². The third kappa shape index (κ3) is 4.37. The standard InChI is InChI=1S/C13H19N3/c1-11-6-8-12(9-7-11)5-4-10-13(2,3)15-16-14/h6-9H,4-5,10H2,1-3H3. The molecule has 1 aromatic carbocycles. The smallest absolute Gasteiger partial charge is 0.0432 e. The molecular formula is C13H19N3. The average Bonchev–Trinajstić information content (AvgIpc) is 2.20. The van der Waals surface area contributed by atoms with Crippen LogP contribution in [-0.4, -0.2) is 5.54 Å². The first-order chi connectivity index (χ1) is 7.53. The van der Waals surface area contributed by atoms with Gasteiger partial charge in [-0.2, -0.15) is 0 Å². The molecule has 0 fully saturated rings. The summed E-state index contributed by atoms with van der Waals surface area (Å²) >= 11 is 0. The van der Waals surface area contributed by atoms with E-state index in [1.165, 1.54) is 11.1 Å². The topological polar surface area (TPSA) is 48.8 Å². The maximum atomic E-state index is 8.41. The van der Waals surface area contributed by atoms with Gasteiger partial charge in [-0.1, -0.05) is 48.8 Å². The SMILES string of the molecule is Cc1ccc(CCCC(C)(C)N=[N+]=[N-])cc1. The van der Waals surface area contributed by atoms with E-state index in [1.807, 2.05) is 13.8 Å². The summed E-state index contributed by atoms with van der Waals surface area (Å²) in [6.07, 6.45) is 3.02. The second-order valence-electron chi connectivity index (χ2n) is 4.84. The van der Waals surface area contributed by atoms with E-state index >= 15 is 0 Å². The van der Waals surface area contributed by atoms with Gasteiger partial charge in [0.1, 0.15) is 0 Å². The van der Waals surface area contributed by atoms with Crippen LogP contribution >= 0.6 is 0 Å². The molecule has 0 heterocycles. The molecule has 0 radical (unpaired) electrons. The number of hydrogen-bond donors (Lipinski definition) is 0. The van der Waals surface area contributed by atoms with Crippen molar-refractivity contribution in [2.24, 2.45) is 5.11 Å². The monoisotopic (exact) mass is 217 g/mol. The highest BCUT2D eigenvalue weighted by atomic mass is 15.2. The van der Waals surface area contributed by atoms with E-state index in [1.54, 1.807) is 0 Å². The summed E-state index contributed by atoms with van der Waals surface area (Å²) in [5, 5.41) is 3.78. The fourth-order valence-corrected chi connectivity index (χ4v) is 1.65. The molecule has 1 aromatic rings. The van der Waals surface area contributed by atoms with E-state index < -0.39 is 0 Å². The van der Waals surface area contributed by atoms with Crippen molar-refractivity contribution in [3.63, 3.8) is 0 Å². The van der Waals surface area contributed by atoms with Crippen molar-refractivity contribution in [3.8, 4) is 0 Å². The predicted molar refractivity (Wildman–Crippen MR) is 67.3 cm³/mol. The predicted octanol–water partition coefficient (Wildman–Crippen LogP) is 4.41. The summed E-state index contributed by atoms with van der Waals surface area (Å²) < 4.78 is 0. The van der Waals surface area contributed by atoms with Crippen LogP contribution in [0.1, 0.15) is 37.8 Å². The van der Waals surface area contributed by atoms with Crippen LogP contribution in [0.2, 0.25) is 0 Å². The summed E-state index contributed by atoms with van der Waals surface area (Å²) in [4.78, 5) is 2.87. The van der Waals surface area contributed by atoms with Crippen LogP contribution in [0.15, 0.2) is 29.4 Å². The first kappa shape index (κ1) is 12.6. The van der Waals surface area contributed by atoms with Gasteiger partial charge >= 0.3 is 0 Å². The minimum Gasteiger partial charge on any atom is -0.0878 e. The molecule has 0 N–H and O–H groups in total. The lowest BCUT2D eigenvalue weighted by molar-refractivity contribution is 0.457. The molecule has 0 saturated heterocycles. The van der Waals surface area contributed by atoms with E-state index in [0.29, 0.717) is 0 Å². The molecule has 0 saturated carbocycles. The molecule has 0 spiro atoms. The maximum absolute atomic E-state index is 8.41. The second kappa shape index (κ2) is 5.57. The number of rotatable bonds is 5. The zero-order chi connectivity index (χ0) is 12.0. The number of nitrogens with zero attached hydrogens (tertiary/aromatic N) is 3. The van der Waals surface area contributed by atoms with Gasteiger partial charge in [-0.15, -0.1) is 0 Å². The Hall–Kier alpha value is -1.47. The molecule has 86 valence electrons. The first-order valence-electron chi connectivity index (χ1n) is 5.65. The summed E-state index contributed by atoms with van der Waals surface area (Å²) in [7, 11) is 0. The highest BCUT2D eigenvalue weighted by Gasteiger charge is 2.14. The van der Waals surface area contributed by atoms with Crippen molar-refractivity contribution in [3.05, 3.63) is 45.8 Å². The van der Waals surface area contributed by atoms with Crippen LogP contribution in [0, 0.1) is 6.92 Å². The first-order valence-corrected chi connectivity index (χ1v) is 5.65. The van der Waals surface area contributed by atoms with E-state index in [9.17, 15) is 0 Å². The number of aryl methyl sites for hydroxylation is 2. The van der Waals surface area contributed by atoms with Gasteiger partial charge in [-0.05, 0) is 37.3 Å². The Labute approximate surface area is 97.1 Å². The summed E-state index contributed by atoms with van der Waals surface area (Å²) in [5.41, 5.74) is 10.8. The molecular weight excluding hydrogens is 198 g/mol. The van der Waals surface area contributed by atoms with Gasteiger partial charge in [0.15, 0.2) is 0 Å². The van der Waals surface area contributed by atoms with E-state index in [4.69, 9.17) is 5.53 Å². The Morgan fingerprint density at radius 2 is 1.88 bits per heavy atom. The molecule has 3 nitrogen and oxygen atoms in total. The molecule has 0 atom stereocenters. The Morgan fingerprint density at radius 3 is 2.44 bits per heavy atom. The second-order valence-corrected chi connectivity index (χ2v) is 4.84. The molecule has 0 amide bonds. The van der Waals surface area contributed by atoms with Crippen molar-refractivity contribution in [1.29, 1.82) is 0 Å². The van der Waals surface area contributed by atoms with Crippen molar-refractivity contribution in [1.82, 2.24) is 0 Å². The molecule has 0 aliphatic heterocycles. The normalized spacial score (nSPS) is 10.9. The molecule has 0 aromatic heterocycles. The van der Waals surface area contributed by atoms with E-state index in [-0.39, 0.29) is 5.54 Å². The van der Waals surface area contributed by atoms with Crippen LogP contribution in [0.5, 0.6) is 0 Å². The van der Waals surface area contributed by atoms with Crippen molar-refractivity contribution in [2.75, 3.05) is 0 Å². The van der Waals surface area contributed by atoms with Gasteiger partial charge in [0.25, 0.3) is 0 Å². The molecule has 0 aliphatic carbocycles. The van der Waals surface area contributed by atoms with Crippen LogP contribution in [0.4, 0.5) is 0 Å². The third-order valence-electron chi connectivity index (χ3n) is 2.69. The van der Waals surface area contributed by atoms with Crippen LogP contribution in [0.25, 0.3) is 10.4 Å². The highest BCUT2D eigenvalue weighted by molar-refractivity contribution is 5.21. The number of azide groups is 1. The molecule has 16 heavy (non-hydrogen) atoms. The zero-order valence-corrected chi connectivity index (χ0v) is 10.3.